The highest BCUT2D eigenvalue weighted by atomic mass is 35.5. The molecule has 0 spiro atoms. The van der Waals surface area contributed by atoms with E-state index in [-0.39, 0.29) is 24.9 Å². The van der Waals surface area contributed by atoms with E-state index in [1.165, 1.54) is 0 Å². The first-order valence-electron chi connectivity index (χ1n) is 7.94. The molecule has 2 amide bonds. The second-order valence-corrected chi connectivity index (χ2v) is 6.53. The Hall–Kier alpha value is -2.37. The number of amides is 2. The predicted octanol–water partition coefficient (Wildman–Crippen LogP) is 3.47. The van der Waals surface area contributed by atoms with Gasteiger partial charge >= 0.3 is 0 Å². The quantitative estimate of drug-likeness (QED) is 0.830. The van der Waals surface area contributed by atoms with Gasteiger partial charge in [-0.2, -0.15) is 0 Å². The smallest absolute Gasteiger partial charge is 0.238 e. The Morgan fingerprint density at radius 1 is 0.960 bits per heavy atom. The summed E-state index contributed by atoms with van der Waals surface area (Å²) in [5.41, 5.74) is 3.61. The van der Waals surface area contributed by atoms with Crippen LogP contribution in [0, 0.1) is 13.8 Å². The van der Waals surface area contributed by atoms with Crippen LogP contribution < -0.4 is 10.6 Å². The minimum absolute atomic E-state index is 0.114. The van der Waals surface area contributed by atoms with Crippen molar-refractivity contribution in [2.45, 2.75) is 13.8 Å². The zero-order valence-corrected chi connectivity index (χ0v) is 15.4. The SMILES string of the molecule is Cc1ccc(NC(=O)CN(C)CC(=O)Nc2ccc(Cl)cc2)c(C)c1. The van der Waals surface area contributed by atoms with Crippen molar-refractivity contribution in [3.05, 3.63) is 58.6 Å². The fraction of sp³-hybridized carbons (Fsp3) is 0.263. The van der Waals surface area contributed by atoms with Crippen molar-refractivity contribution in [3.8, 4) is 0 Å². The molecule has 2 rings (SSSR count). The summed E-state index contributed by atoms with van der Waals surface area (Å²) in [6.07, 6.45) is 0. The maximum atomic E-state index is 12.1. The van der Waals surface area contributed by atoms with Gasteiger partial charge in [-0.25, -0.2) is 0 Å². The third-order valence-corrected chi connectivity index (χ3v) is 3.86. The van der Waals surface area contributed by atoms with Crippen LogP contribution in [0.5, 0.6) is 0 Å². The minimum atomic E-state index is -0.191. The summed E-state index contributed by atoms with van der Waals surface area (Å²) in [5, 5.41) is 6.25. The molecule has 2 aromatic carbocycles. The lowest BCUT2D eigenvalue weighted by Crippen LogP contribution is -2.36. The summed E-state index contributed by atoms with van der Waals surface area (Å²) in [6.45, 7) is 4.20. The lowest BCUT2D eigenvalue weighted by atomic mass is 10.1. The second-order valence-electron chi connectivity index (χ2n) is 6.09. The van der Waals surface area contributed by atoms with Crippen LogP contribution in [0.2, 0.25) is 5.02 Å². The normalized spacial score (nSPS) is 10.6. The third-order valence-electron chi connectivity index (χ3n) is 3.61. The molecule has 132 valence electrons. The number of likely N-dealkylation sites (N-methyl/N-ethyl adjacent to an activating group) is 1. The van der Waals surface area contributed by atoms with Gasteiger partial charge in [0, 0.05) is 16.4 Å². The van der Waals surface area contributed by atoms with E-state index in [1.807, 2.05) is 32.0 Å². The first kappa shape index (κ1) is 19.0. The van der Waals surface area contributed by atoms with Crippen molar-refractivity contribution in [3.63, 3.8) is 0 Å². The number of aryl methyl sites for hydroxylation is 2. The summed E-state index contributed by atoms with van der Waals surface area (Å²) < 4.78 is 0. The fourth-order valence-electron chi connectivity index (χ4n) is 2.42. The molecule has 0 saturated carbocycles. The summed E-state index contributed by atoms with van der Waals surface area (Å²) in [4.78, 5) is 25.8. The van der Waals surface area contributed by atoms with E-state index in [9.17, 15) is 9.59 Å². The van der Waals surface area contributed by atoms with Gasteiger partial charge in [0.05, 0.1) is 13.1 Å². The van der Waals surface area contributed by atoms with E-state index in [4.69, 9.17) is 11.6 Å². The average molecular weight is 360 g/mol. The number of carbonyl (C=O) groups is 2. The lowest BCUT2D eigenvalue weighted by Gasteiger charge is -2.17. The molecule has 0 radical (unpaired) electrons. The van der Waals surface area contributed by atoms with E-state index in [1.54, 1.807) is 36.2 Å². The first-order chi connectivity index (χ1) is 11.8. The highest BCUT2D eigenvalue weighted by Crippen LogP contribution is 2.16. The summed E-state index contributed by atoms with van der Waals surface area (Å²) >= 11 is 5.81. The van der Waals surface area contributed by atoms with Crippen LogP contribution >= 0.6 is 11.6 Å². The molecule has 0 heterocycles. The summed E-state index contributed by atoms with van der Waals surface area (Å²) in [5.74, 6) is -0.349. The molecule has 0 unspecified atom stereocenters. The van der Waals surface area contributed by atoms with Crippen molar-refractivity contribution < 1.29 is 9.59 Å². The molecule has 5 nitrogen and oxygen atoms in total. The Balaban J connectivity index is 1.82. The average Bonchev–Trinajstić information content (AvgIpc) is 2.52. The van der Waals surface area contributed by atoms with Crippen LogP contribution in [0.3, 0.4) is 0 Å². The number of halogens is 1. The van der Waals surface area contributed by atoms with Gasteiger partial charge in [-0.1, -0.05) is 29.3 Å². The Morgan fingerprint density at radius 2 is 1.56 bits per heavy atom. The first-order valence-corrected chi connectivity index (χ1v) is 8.32. The lowest BCUT2D eigenvalue weighted by molar-refractivity contribution is -0.119. The highest BCUT2D eigenvalue weighted by Gasteiger charge is 2.12. The van der Waals surface area contributed by atoms with Crippen LogP contribution in [0.4, 0.5) is 11.4 Å². The number of rotatable bonds is 6. The molecule has 2 aromatic rings. The molecule has 6 heteroatoms. The number of benzene rings is 2. The summed E-state index contributed by atoms with van der Waals surface area (Å²) in [6, 6.07) is 12.7. The molecule has 0 aliphatic heterocycles. The third kappa shape index (κ3) is 6.21. The van der Waals surface area contributed by atoms with Gasteiger partial charge in [0.25, 0.3) is 0 Å². The summed E-state index contributed by atoms with van der Waals surface area (Å²) in [7, 11) is 1.73. The second kappa shape index (κ2) is 8.65. The van der Waals surface area contributed by atoms with E-state index >= 15 is 0 Å². The van der Waals surface area contributed by atoms with Crippen molar-refractivity contribution in [2.75, 3.05) is 30.8 Å². The maximum absolute atomic E-state index is 12.1. The molecule has 0 bridgehead atoms. The van der Waals surface area contributed by atoms with Gasteiger partial charge in [-0.15, -0.1) is 0 Å². The van der Waals surface area contributed by atoms with Crippen LogP contribution in [-0.2, 0) is 9.59 Å². The Labute approximate surface area is 153 Å². The number of carbonyl (C=O) groups excluding carboxylic acids is 2. The van der Waals surface area contributed by atoms with E-state index in [2.05, 4.69) is 10.6 Å². The van der Waals surface area contributed by atoms with E-state index in [0.717, 1.165) is 16.8 Å². The number of nitrogens with zero attached hydrogens (tertiary/aromatic N) is 1. The maximum Gasteiger partial charge on any atom is 0.238 e. The van der Waals surface area contributed by atoms with Crippen LogP contribution in [0.1, 0.15) is 11.1 Å². The van der Waals surface area contributed by atoms with Gasteiger partial charge in [-0.05, 0) is 56.8 Å². The monoisotopic (exact) mass is 359 g/mol. The van der Waals surface area contributed by atoms with E-state index in [0.29, 0.717) is 10.7 Å². The molecule has 0 aliphatic carbocycles. The van der Waals surface area contributed by atoms with Crippen molar-refractivity contribution in [2.24, 2.45) is 0 Å². The van der Waals surface area contributed by atoms with Crippen molar-refractivity contribution >= 4 is 34.8 Å². The Kier molecular flexibility index (Phi) is 6.56. The molecule has 0 aromatic heterocycles. The number of hydrogen-bond acceptors (Lipinski definition) is 3. The van der Waals surface area contributed by atoms with E-state index < -0.39 is 0 Å². The fourth-order valence-corrected chi connectivity index (χ4v) is 2.55. The molecule has 2 N–H and O–H groups in total. The molecule has 0 atom stereocenters. The van der Waals surface area contributed by atoms with Crippen LogP contribution in [-0.4, -0.2) is 36.9 Å². The Morgan fingerprint density at radius 3 is 2.16 bits per heavy atom. The Bertz CT molecular complexity index is 760. The highest BCUT2D eigenvalue weighted by molar-refractivity contribution is 6.30. The van der Waals surface area contributed by atoms with Gasteiger partial charge < -0.3 is 10.6 Å². The van der Waals surface area contributed by atoms with Gasteiger partial charge in [0.1, 0.15) is 0 Å². The largest absolute Gasteiger partial charge is 0.325 e. The van der Waals surface area contributed by atoms with Crippen LogP contribution in [0.15, 0.2) is 42.5 Å². The van der Waals surface area contributed by atoms with Gasteiger partial charge in [0.2, 0.25) is 11.8 Å². The molecule has 25 heavy (non-hydrogen) atoms. The predicted molar refractivity (Wildman–Crippen MR) is 102 cm³/mol. The standard InChI is InChI=1S/C19H22ClN3O2/c1-13-4-9-17(14(2)10-13)22-19(25)12-23(3)11-18(24)21-16-7-5-15(20)6-8-16/h4-10H,11-12H2,1-3H3,(H,21,24)(H,22,25). The van der Waals surface area contributed by atoms with Crippen molar-refractivity contribution in [1.29, 1.82) is 0 Å². The van der Waals surface area contributed by atoms with Crippen LogP contribution in [0.25, 0.3) is 0 Å². The zero-order valence-electron chi connectivity index (χ0n) is 14.6. The number of nitrogens with one attached hydrogen (secondary N) is 2. The zero-order chi connectivity index (χ0) is 18.4. The molecular weight excluding hydrogens is 338 g/mol. The number of anilines is 2. The minimum Gasteiger partial charge on any atom is -0.325 e. The topological polar surface area (TPSA) is 61.4 Å². The van der Waals surface area contributed by atoms with Gasteiger partial charge in [-0.3, -0.25) is 14.5 Å². The number of hydrogen-bond donors (Lipinski definition) is 2. The van der Waals surface area contributed by atoms with Gasteiger partial charge in [0.15, 0.2) is 0 Å². The molecule has 0 aliphatic rings. The molecular formula is C19H22ClN3O2. The molecule has 0 saturated heterocycles. The van der Waals surface area contributed by atoms with Crippen molar-refractivity contribution in [1.82, 2.24) is 4.90 Å². The molecule has 0 fully saturated rings.